The molecule has 18 heteroatoms. The lowest BCUT2D eigenvalue weighted by Gasteiger charge is -2.27. The number of nitrogens with zero attached hydrogens (tertiary/aromatic N) is 2. The molecule has 2 rings (SSSR count). The summed E-state index contributed by atoms with van der Waals surface area (Å²) < 4.78 is 86.2. The van der Waals surface area contributed by atoms with Gasteiger partial charge in [0, 0.05) is 0 Å². The van der Waals surface area contributed by atoms with Crippen LogP contribution in [0.2, 0.25) is 0 Å². The number of likely N-dealkylation sites (N-methyl/N-ethyl adjacent to an activating group) is 2. The minimum Gasteiger partial charge on any atom is -0.542 e. The Balaban J connectivity index is 0.000000990. The number of alkyl halides is 6. The van der Waals surface area contributed by atoms with Crippen molar-refractivity contribution < 1.29 is 83.6 Å². The van der Waals surface area contributed by atoms with Crippen LogP contribution in [0.4, 0.5) is 26.3 Å². The van der Waals surface area contributed by atoms with Crippen molar-refractivity contribution in [2.45, 2.75) is 36.8 Å². The van der Waals surface area contributed by atoms with Gasteiger partial charge in [-0.25, -0.2) is 9.59 Å². The second-order valence-corrected chi connectivity index (χ2v) is 10.1. The van der Waals surface area contributed by atoms with Crippen molar-refractivity contribution in [3.8, 4) is 24.7 Å². The van der Waals surface area contributed by atoms with Gasteiger partial charge in [0.2, 0.25) is 0 Å². The van der Waals surface area contributed by atoms with Gasteiger partial charge in [-0.2, -0.15) is 26.3 Å². The summed E-state index contributed by atoms with van der Waals surface area (Å²) in [5.74, 6) is -1.66. The van der Waals surface area contributed by atoms with E-state index >= 15 is 0 Å². The first-order chi connectivity index (χ1) is 19.0. The van der Waals surface area contributed by atoms with Gasteiger partial charge in [-0.15, -0.1) is 12.8 Å². The smallest absolute Gasteiger partial charge is 0.430 e. The van der Waals surface area contributed by atoms with Gasteiger partial charge in [0.25, 0.3) is 0 Å². The summed E-state index contributed by atoms with van der Waals surface area (Å²) >= 11 is 0. The Morgan fingerprint density at radius 3 is 1.21 bits per heavy atom. The second-order valence-electron chi connectivity index (χ2n) is 10.1. The van der Waals surface area contributed by atoms with E-state index in [0.717, 1.165) is 0 Å². The van der Waals surface area contributed by atoms with Gasteiger partial charge in [0.05, 0.1) is 41.4 Å². The molecule has 0 radical (unpaired) electrons. The third-order valence-electron chi connectivity index (χ3n) is 5.14. The molecule has 0 N–H and O–H groups in total. The quantitative estimate of drug-likeness (QED) is 0.125. The van der Waals surface area contributed by atoms with Crippen LogP contribution in [0.1, 0.15) is 0 Å². The number of carbonyl (C=O) groups excluding carboxylic acids is 4. The largest absolute Gasteiger partial charge is 0.542 e. The van der Waals surface area contributed by atoms with Crippen LogP contribution in [0, 0.1) is 24.7 Å². The molecular weight excluding hydrogens is 590 g/mol. The van der Waals surface area contributed by atoms with Crippen molar-refractivity contribution in [3.63, 3.8) is 0 Å². The maximum Gasteiger partial charge on any atom is 0.430 e. The Bertz CT molecular complexity index is 964. The van der Waals surface area contributed by atoms with Gasteiger partial charge in [0.15, 0.2) is 25.3 Å². The second kappa shape index (κ2) is 15.6. The van der Waals surface area contributed by atoms with Crippen molar-refractivity contribution in [2.24, 2.45) is 0 Å². The van der Waals surface area contributed by atoms with Gasteiger partial charge in [-0.05, 0) is 11.8 Å². The fourth-order valence-electron chi connectivity index (χ4n) is 3.35. The summed E-state index contributed by atoms with van der Waals surface area (Å²) in [6.07, 6.45) is -1.69. The van der Waals surface area contributed by atoms with Gasteiger partial charge in [0.1, 0.15) is 37.2 Å². The van der Waals surface area contributed by atoms with E-state index in [9.17, 15) is 35.9 Å². The summed E-state index contributed by atoms with van der Waals surface area (Å²) in [6.45, 7) is 1.56. The van der Waals surface area contributed by atoms with Crippen LogP contribution in [0.15, 0.2) is 0 Å². The van der Waals surface area contributed by atoms with Gasteiger partial charge in [-0.1, -0.05) is 0 Å². The van der Waals surface area contributed by atoms with E-state index in [2.05, 4.69) is 11.8 Å². The summed E-state index contributed by atoms with van der Waals surface area (Å²) in [7, 11) is 7.43. The van der Waals surface area contributed by atoms with E-state index in [4.69, 9.17) is 51.6 Å². The zero-order valence-corrected chi connectivity index (χ0v) is 23.0. The summed E-state index contributed by atoms with van der Waals surface area (Å²) in [4.78, 5) is 42.0. The van der Waals surface area contributed by atoms with E-state index in [1.54, 1.807) is 0 Å². The Labute approximate surface area is 237 Å². The fraction of sp³-hybridized carbons (Fsp3) is 0.667. The number of terminal acetylenes is 2. The molecule has 0 spiro atoms. The molecule has 0 aromatic rings. The first-order valence-corrected chi connectivity index (χ1v) is 11.6. The molecule has 2 aliphatic rings. The maximum atomic E-state index is 12.2. The Morgan fingerprint density at radius 1 is 0.738 bits per heavy atom. The molecule has 42 heavy (non-hydrogen) atoms. The minimum atomic E-state index is -5.19. The fourth-order valence-corrected chi connectivity index (χ4v) is 3.35. The number of carbonyl (C=O) groups is 4. The SMILES string of the molecule is C#CC[N+](C)(C)CC(=O)O[C@H]1CO[C@H]2[C@@H]1OC[C@H]2OC(=O)C[N+](C)(C)CC#C.O=C([O-])C(F)(F)F.O=C([O-])C(F)(F)F. The van der Waals surface area contributed by atoms with Crippen molar-refractivity contribution in [3.05, 3.63) is 0 Å². The molecule has 2 saturated heterocycles. The highest BCUT2D eigenvalue weighted by Gasteiger charge is 2.51. The summed E-state index contributed by atoms with van der Waals surface area (Å²) in [6, 6.07) is 0. The molecule has 4 atom stereocenters. The number of quaternary nitrogens is 2. The van der Waals surface area contributed by atoms with Gasteiger partial charge in [-0.3, -0.25) is 0 Å². The monoisotopic (exact) mass is 620 g/mol. The number of halogens is 6. The molecule has 0 aliphatic carbocycles. The van der Waals surface area contributed by atoms with Crippen molar-refractivity contribution in [2.75, 3.05) is 67.6 Å². The number of rotatable bonds is 8. The van der Waals surface area contributed by atoms with Gasteiger partial charge < -0.3 is 47.7 Å². The Morgan fingerprint density at radius 2 is 1.00 bits per heavy atom. The van der Waals surface area contributed by atoms with Crippen LogP contribution in [0.25, 0.3) is 0 Å². The Kier molecular flexibility index (Phi) is 14.3. The number of carboxylic acids is 2. The summed E-state index contributed by atoms with van der Waals surface area (Å²) in [5, 5.41) is 17.6. The number of esters is 2. The molecule has 0 amide bonds. The highest BCUT2D eigenvalue weighted by molar-refractivity contribution is 5.72. The number of hydrogen-bond acceptors (Lipinski definition) is 10. The molecule has 0 unspecified atom stereocenters. The van der Waals surface area contributed by atoms with E-state index in [1.165, 1.54) is 0 Å². The predicted octanol–water partition coefficient (Wildman–Crippen LogP) is -2.38. The van der Waals surface area contributed by atoms with Crippen LogP contribution in [0.5, 0.6) is 0 Å². The van der Waals surface area contributed by atoms with E-state index in [1.807, 2.05) is 28.2 Å². The molecule has 0 aromatic carbocycles. The average Bonchev–Trinajstić information content (AvgIpc) is 3.35. The third-order valence-corrected chi connectivity index (χ3v) is 5.14. The minimum absolute atomic E-state index is 0.151. The highest BCUT2D eigenvalue weighted by Crippen LogP contribution is 2.31. The van der Waals surface area contributed by atoms with E-state index in [0.29, 0.717) is 22.1 Å². The molecule has 0 aromatic heterocycles. The molecule has 0 bridgehead atoms. The van der Waals surface area contributed by atoms with Gasteiger partial charge >= 0.3 is 24.3 Å². The normalized spacial score (nSPS) is 21.6. The lowest BCUT2D eigenvalue weighted by atomic mass is 10.1. The van der Waals surface area contributed by atoms with Crippen LogP contribution >= 0.6 is 0 Å². The zero-order valence-electron chi connectivity index (χ0n) is 23.0. The molecule has 12 nitrogen and oxygen atoms in total. The topological polar surface area (TPSA) is 151 Å². The predicted molar refractivity (Wildman–Crippen MR) is 123 cm³/mol. The van der Waals surface area contributed by atoms with Crippen molar-refractivity contribution >= 4 is 23.9 Å². The number of fused-ring (bicyclic) bond motifs is 1. The molecular formula is C24H30F6N2O10. The van der Waals surface area contributed by atoms with Crippen LogP contribution < -0.4 is 10.2 Å². The lowest BCUT2D eigenvalue weighted by molar-refractivity contribution is -0.875. The Hall–Kier alpha value is -3.58. The number of carboxylic acid groups (broad SMARTS) is 2. The zero-order chi connectivity index (χ0) is 33.1. The van der Waals surface area contributed by atoms with Crippen LogP contribution in [-0.4, -0.2) is 137 Å². The third kappa shape index (κ3) is 14.4. The molecule has 2 aliphatic heterocycles. The average molecular weight is 620 g/mol. The maximum absolute atomic E-state index is 12.2. The van der Waals surface area contributed by atoms with E-state index in [-0.39, 0.29) is 38.2 Å². The first kappa shape index (κ1) is 38.4. The standard InChI is InChI=1S/C20H30N2O6.2C2HF3O2/c1-7-9-21(3,4)11-17(23)27-15-13-25-20-16(14-26-19(15)20)28-18(24)12-22(5,6)10-8-2;2*3-2(4,5)1(6)7/h1-2,15-16,19-20H,9-14H2,3-6H3;2*(H,6,7)/q+2;;/p-2/t15-,16+,19-,20-;;/m1../s1. The van der Waals surface area contributed by atoms with Crippen molar-refractivity contribution in [1.82, 2.24) is 0 Å². The molecule has 2 heterocycles. The number of ether oxygens (including phenoxy) is 4. The molecule has 2 fully saturated rings. The van der Waals surface area contributed by atoms with Crippen LogP contribution in [0.3, 0.4) is 0 Å². The first-order valence-electron chi connectivity index (χ1n) is 11.6. The number of hydrogen-bond donors (Lipinski definition) is 0. The highest BCUT2D eigenvalue weighted by atomic mass is 19.4. The molecule has 0 saturated carbocycles. The van der Waals surface area contributed by atoms with Crippen molar-refractivity contribution in [1.29, 1.82) is 0 Å². The lowest BCUT2D eigenvalue weighted by Crippen LogP contribution is -2.46. The number of aliphatic carboxylic acids is 2. The van der Waals surface area contributed by atoms with E-state index < -0.39 is 48.7 Å². The summed E-state index contributed by atoms with van der Waals surface area (Å²) in [5.41, 5.74) is 0. The van der Waals surface area contributed by atoms with Crippen LogP contribution in [-0.2, 0) is 38.1 Å². The molecule has 238 valence electrons.